The normalized spacial score (nSPS) is 40.3. The van der Waals surface area contributed by atoms with E-state index >= 15 is 0 Å². The van der Waals surface area contributed by atoms with Crippen molar-refractivity contribution in [1.82, 2.24) is 10.2 Å². The zero-order valence-electron chi connectivity index (χ0n) is 15.2. The molecule has 1 aliphatic carbocycles. The quantitative estimate of drug-likeness (QED) is 0.842. The van der Waals surface area contributed by atoms with E-state index in [1.165, 1.54) is 19.4 Å². The molecular formula is C18H36N2O. The number of nitrogens with zero attached hydrogens (tertiary/aromatic N) is 1. The summed E-state index contributed by atoms with van der Waals surface area (Å²) in [5.74, 6) is 0.695. The molecule has 0 radical (unpaired) electrons. The lowest BCUT2D eigenvalue weighted by Crippen LogP contribution is -2.72. The third-order valence-electron chi connectivity index (χ3n) is 6.14. The van der Waals surface area contributed by atoms with Gasteiger partial charge in [0.1, 0.15) is 0 Å². The van der Waals surface area contributed by atoms with Gasteiger partial charge >= 0.3 is 0 Å². The van der Waals surface area contributed by atoms with E-state index in [1.54, 1.807) is 0 Å². The maximum Gasteiger partial charge on any atom is 0.0655 e. The van der Waals surface area contributed by atoms with Crippen LogP contribution in [0.4, 0.5) is 0 Å². The highest BCUT2D eigenvalue weighted by Gasteiger charge is 2.54. The zero-order valence-corrected chi connectivity index (χ0v) is 15.2. The number of piperazine rings is 1. The average molecular weight is 296 g/mol. The van der Waals surface area contributed by atoms with E-state index in [9.17, 15) is 0 Å². The third kappa shape index (κ3) is 3.16. The minimum Gasteiger partial charge on any atom is -0.378 e. The second kappa shape index (κ2) is 6.17. The summed E-state index contributed by atoms with van der Waals surface area (Å²) in [5.41, 5.74) is 0.535. The predicted molar refractivity (Wildman–Crippen MR) is 89.6 cm³/mol. The average Bonchev–Trinajstić information content (AvgIpc) is 2.42. The number of hydrogen-bond acceptors (Lipinski definition) is 3. The Balaban J connectivity index is 2.14. The molecule has 4 unspecified atom stereocenters. The highest BCUT2D eigenvalue weighted by Crippen LogP contribution is 2.47. The van der Waals surface area contributed by atoms with Crippen molar-refractivity contribution in [3.63, 3.8) is 0 Å². The van der Waals surface area contributed by atoms with Crippen molar-refractivity contribution >= 4 is 0 Å². The lowest BCUT2D eigenvalue weighted by Gasteiger charge is -2.61. The Bertz CT molecular complexity index is 355. The van der Waals surface area contributed by atoms with Gasteiger partial charge in [0.05, 0.1) is 6.10 Å². The molecule has 1 aliphatic heterocycles. The smallest absolute Gasteiger partial charge is 0.0655 e. The minimum atomic E-state index is 0.262. The van der Waals surface area contributed by atoms with E-state index in [1.807, 2.05) is 0 Å². The van der Waals surface area contributed by atoms with Crippen molar-refractivity contribution in [2.75, 3.05) is 19.7 Å². The van der Waals surface area contributed by atoms with E-state index in [4.69, 9.17) is 4.74 Å². The van der Waals surface area contributed by atoms with Gasteiger partial charge in [0.25, 0.3) is 0 Å². The number of rotatable bonds is 5. The van der Waals surface area contributed by atoms with Crippen LogP contribution in [0.3, 0.4) is 0 Å². The van der Waals surface area contributed by atoms with Crippen LogP contribution < -0.4 is 5.32 Å². The van der Waals surface area contributed by atoms with Gasteiger partial charge in [0.2, 0.25) is 0 Å². The van der Waals surface area contributed by atoms with Gasteiger partial charge in [-0.3, -0.25) is 4.90 Å². The molecule has 124 valence electrons. The highest BCUT2D eigenvalue weighted by molar-refractivity contribution is 5.08. The zero-order chi connectivity index (χ0) is 15.8. The van der Waals surface area contributed by atoms with Crippen LogP contribution in [0.2, 0.25) is 0 Å². The Hall–Kier alpha value is -0.120. The molecule has 0 spiro atoms. The van der Waals surface area contributed by atoms with Crippen LogP contribution in [0, 0.1) is 11.3 Å². The second-order valence-electron chi connectivity index (χ2n) is 8.30. The van der Waals surface area contributed by atoms with E-state index in [0.29, 0.717) is 24.1 Å². The van der Waals surface area contributed by atoms with Gasteiger partial charge in [0.15, 0.2) is 0 Å². The van der Waals surface area contributed by atoms with E-state index < -0.39 is 0 Å². The fourth-order valence-corrected chi connectivity index (χ4v) is 4.15. The lowest BCUT2D eigenvalue weighted by atomic mass is 9.62. The van der Waals surface area contributed by atoms with Crippen LogP contribution in [-0.4, -0.2) is 48.3 Å². The lowest BCUT2D eigenvalue weighted by molar-refractivity contribution is -0.170. The fourth-order valence-electron chi connectivity index (χ4n) is 4.15. The Labute approximate surface area is 131 Å². The Morgan fingerprint density at radius 3 is 2.38 bits per heavy atom. The molecule has 2 rings (SSSR count). The summed E-state index contributed by atoms with van der Waals surface area (Å²) in [7, 11) is 0. The van der Waals surface area contributed by atoms with Crippen LogP contribution in [0.25, 0.3) is 0 Å². The molecule has 3 heteroatoms. The molecule has 0 aromatic rings. The third-order valence-corrected chi connectivity index (χ3v) is 6.14. The van der Waals surface area contributed by atoms with Crippen LogP contribution >= 0.6 is 0 Å². The van der Waals surface area contributed by atoms with Crippen molar-refractivity contribution in [2.24, 2.45) is 11.3 Å². The van der Waals surface area contributed by atoms with Gasteiger partial charge in [-0.15, -0.1) is 0 Å². The molecule has 1 heterocycles. The summed E-state index contributed by atoms with van der Waals surface area (Å²) in [6.45, 7) is 19.4. The molecule has 21 heavy (non-hydrogen) atoms. The largest absolute Gasteiger partial charge is 0.378 e. The second-order valence-corrected chi connectivity index (χ2v) is 8.30. The van der Waals surface area contributed by atoms with Crippen molar-refractivity contribution < 1.29 is 4.74 Å². The Morgan fingerprint density at radius 2 is 1.90 bits per heavy atom. The molecule has 3 nitrogen and oxygen atoms in total. The first-order valence-corrected chi connectivity index (χ1v) is 8.87. The Morgan fingerprint density at radius 1 is 1.24 bits per heavy atom. The topological polar surface area (TPSA) is 24.5 Å². The SMILES string of the molecule is CCOC1CC(N2CC(C)(CC)NCC2C(C)C)C1(C)C. The van der Waals surface area contributed by atoms with E-state index in [-0.39, 0.29) is 11.0 Å². The molecular weight excluding hydrogens is 260 g/mol. The van der Waals surface area contributed by atoms with Gasteiger partial charge in [-0.2, -0.15) is 0 Å². The molecule has 0 bridgehead atoms. The van der Waals surface area contributed by atoms with Crippen LogP contribution in [-0.2, 0) is 4.74 Å². The number of ether oxygens (including phenoxy) is 1. The van der Waals surface area contributed by atoms with Gasteiger partial charge in [0, 0.05) is 42.7 Å². The van der Waals surface area contributed by atoms with Crippen molar-refractivity contribution in [1.29, 1.82) is 0 Å². The minimum absolute atomic E-state index is 0.262. The maximum absolute atomic E-state index is 5.95. The van der Waals surface area contributed by atoms with E-state index in [0.717, 1.165) is 13.2 Å². The first-order chi connectivity index (χ1) is 9.75. The summed E-state index contributed by atoms with van der Waals surface area (Å²) in [4.78, 5) is 2.81. The predicted octanol–water partition coefficient (Wildman–Crippen LogP) is 3.29. The summed E-state index contributed by atoms with van der Waals surface area (Å²) in [6.07, 6.45) is 2.82. The molecule has 1 N–H and O–H groups in total. The molecule has 0 aromatic heterocycles. The monoisotopic (exact) mass is 296 g/mol. The van der Waals surface area contributed by atoms with Crippen molar-refractivity contribution in [3.05, 3.63) is 0 Å². The van der Waals surface area contributed by atoms with Crippen LogP contribution in [0.5, 0.6) is 0 Å². The Kier molecular flexibility index (Phi) is 5.07. The summed E-state index contributed by atoms with van der Waals surface area (Å²) in [6, 6.07) is 1.31. The summed E-state index contributed by atoms with van der Waals surface area (Å²) < 4.78 is 5.95. The molecule has 0 aromatic carbocycles. The maximum atomic E-state index is 5.95. The van der Waals surface area contributed by atoms with Crippen LogP contribution in [0.15, 0.2) is 0 Å². The van der Waals surface area contributed by atoms with Gasteiger partial charge in [-0.05, 0) is 32.6 Å². The molecule has 0 amide bonds. The molecule has 2 fully saturated rings. The number of hydrogen-bond donors (Lipinski definition) is 1. The van der Waals surface area contributed by atoms with Gasteiger partial charge in [-0.25, -0.2) is 0 Å². The highest BCUT2D eigenvalue weighted by atomic mass is 16.5. The molecule has 4 atom stereocenters. The first kappa shape index (κ1) is 17.2. The first-order valence-electron chi connectivity index (χ1n) is 8.87. The van der Waals surface area contributed by atoms with Crippen LogP contribution in [0.1, 0.15) is 61.3 Å². The van der Waals surface area contributed by atoms with Crippen molar-refractivity contribution in [2.45, 2.75) is 85.0 Å². The van der Waals surface area contributed by atoms with Gasteiger partial charge in [-0.1, -0.05) is 34.6 Å². The summed E-state index contributed by atoms with van der Waals surface area (Å²) in [5, 5.41) is 3.80. The molecule has 1 saturated heterocycles. The number of nitrogens with one attached hydrogen (secondary N) is 1. The fraction of sp³-hybridized carbons (Fsp3) is 1.00. The summed E-state index contributed by atoms with van der Waals surface area (Å²) >= 11 is 0. The van der Waals surface area contributed by atoms with Crippen molar-refractivity contribution in [3.8, 4) is 0 Å². The van der Waals surface area contributed by atoms with E-state index in [2.05, 4.69) is 58.7 Å². The molecule has 2 aliphatic rings. The van der Waals surface area contributed by atoms with Gasteiger partial charge < -0.3 is 10.1 Å². The standard InChI is InChI=1S/C18H36N2O/c1-8-18(7)12-20(14(11-19-18)13(3)4)15-10-16(21-9-2)17(15,5)6/h13-16,19H,8-12H2,1-7H3. The molecule has 1 saturated carbocycles.